The first-order chi connectivity index (χ1) is 9.58. The van der Waals surface area contributed by atoms with Gasteiger partial charge >= 0.3 is 0 Å². The Hall–Kier alpha value is -0.810. The third-order valence-electron chi connectivity index (χ3n) is 5.03. The minimum Gasteiger partial charge on any atom is -0.340 e. The molecule has 3 aliphatic rings. The van der Waals surface area contributed by atoms with Crippen LogP contribution in [0.15, 0.2) is 0 Å². The Kier molecular flexibility index (Phi) is 5.15. The van der Waals surface area contributed by atoms with E-state index in [1.54, 1.807) is 0 Å². The van der Waals surface area contributed by atoms with Gasteiger partial charge < -0.3 is 15.1 Å². The Labute approximate surface area is 132 Å². The summed E-state index contributed by atoms with van der Waals surface area (Å²) in [6.45, 7) is 8.63. The van der Waals surface area contributed by atoms with Gasteiger partial charge in [-0.05, 0) is 24.2 Å². The molecule has 3 rings (SSSR count). The van der Waals surface area contributed by atoms with Gasteiger partial charge in [0.2, 0.25) is 11.8 Å². The van der Waals surface area contributed by atoms with Crippen LogP contribution in [0.2, 0.25) is 0 Å². The highest BCUT2D eigenvalue weighted by Crippen LogP contribution is 2.29. The fourth-order valence-corrected chi connectivity index (χ4v) is 3.96. The minimum atomic E-state index is -0.253. The average molecular weight is 316 g/mol. The molecule has 3 atom stereocenters. The molecule has 2 amide bonds. The Balaban J connectivity index is 0.00000161. The van der Waals surface area contributed by atoms with E-state index in [1.165, 1.54) is 0 Å². The van der Waals surface area contributed by atoms with Crippen molar-refractivity contribution in [1.82, 2.24) is 15.1 Å². The Morgan fingerprint density at radius 1 is 1.24 bits per heavy atom. The van der Waals surface area contributed by atoms with Crippen LogP contribution in [0, 0.1) is 17.8 Å². The van der Waals surface area contributed by atoms with Crippen LogP contribution in [-0.2, 0) is 9.59 Å². The standard InChI is InChI=1S/C15H25N3O2.ClH/c1-10(2)14(18-5-3-4-13(18)19)15(20)17-8-11-6-16-7-12(11)9-17;/h10-12,14,16H,3-9H2,1-2H3;1H/t11-,12+,14?;. The molecule has 0 saturated carbocycles. The summed E-state index contributed by atoms with van der Waals surface area (Å²) in [5.41, 5.74) is 0. The van der Waals surface area contributed by atoms with Gasteiger partial charge in [0.05, 0.1) is 0 Å². The van der Waals surface area contributed by atoms with Crippen LogP contribution in [0.4, 0.5) is 0 Å². The number of amides is 2. The van der Waals surface area contributed by atoms with Crippen LogP contribution in [-0.4, -0.2) is 60.4 Å². The van der Waals surface area contributed by atoms with Crippen molar-refractivity contribution in [2.75, 3.05) is 32.7 Å². The summed E-state index contributed by atoms with van der Waals surface area (Å²) in [6.07, 6.45) is 1.50. The SMILES string of the molecule is CC(C)C(C(=O)N1C[C@H]2CNC[C@H]2C1)N1CCCC1=O.Cl. The van der Waals surface area contributed by atoms with Gasteiger partial charge in [-0.25, -0.2) is 0 Å². The minimum absolute atomic E-state index is 0. The van der Waals surface area contributed by atoms with Gasteiger partial charge in [-0.3, -0.25) is 9.59 Å². The first-order valence-corrected chi connectivity index (χ1v) is 7.87. The maximum Gasteiger partial charge on any atom is 0.245 e. The summed E-state index contributed by atoms with van der Waals surface area (Å²) in [5.74, 6) is 1.73. The molecule has 0 radical (unpaired) electrons. The maximum absolute atomic E-state index is 12.9. The van der Waals surface area contributed by atoms with Gasteiger partial charge in [-0.2, -0.15) is 0 Å². The highest BCUT2D eigenvalue weighted by atomic mass is 35.5. The summed E-state index contributed by atoms with van der Waals surface area (Å²) in [7, 11) is 0. The number of nitrogens with one attached hydrogen (secondary N) is 1. The van der Waals surface area contributed by atoms with E-state index in [4.69, 9.17) is 0 Å². The van der Waals surface area contributed by atoms with E-state index in [0.29, 0.717) is 18.3 Å². The summed E-state index contributed by atoms with van der Waals surface area (Å²) >= 11 is 0. The molecule has 0 aromatic carbocycles. The zero-order valence-electron chi connectivity index (χ0n) is 12.9. The quantitative estimate of drug-likeness (QED) is 0.835. The molecule has 3 heterocycles. The molecule has 0 aromatic rings. The molecule has 6 heteroatoms. The van der Waals surface area contributed by atoms with E-state index in [9.17, 15) is 9.59 Å². The van der Waals surface area contributed by atoms with Crippen molar-refractivity contribution < 1.29 is 9.59 Å². The number of nitrogens with zero attached hydrogens (tertiary/aromatic N) is 2. The van der Waals surface area contributed by atoms with Crippen LogP contribution in [0.1, 0.15) is 26.7 Å². The van der Waals surface area contributed by atoms with Crippen molar-refractivity contribution in [1.29, 1.82) is 0 Å². The third-order valence-corrected chi connectivity index (χ3v) is 5.03. The van der Waals surface area contributed by atoms with Crippen LogP contribution < -0.4 is 5.32 Å². The summed E-state index contributed by atoms with van der Waals surface area (Å²) < 4.78 is 0. The van der Waals surface area contributed by atoms with Crippen molar-refractivity contribution in [2.24, 2.45) is 17.8 Å². The van der Waals surface area contributed by atoms with Crippen LogP contribution >= 0.6 is 12.4 Å². The van der Waals surface area contributed by atoms with Gasteiger partial charge in [0.1, 0.15) is 6.04 Å². The molecule has 0 bridgehead atoms. The number of hydrogen-bond donors (Lipinski definition) is 1. The largest absolute Gasteiger partial charge is 0.340 e. The number of halogens is 1. The van der Waals surface area contributed by atoms with Gasteiger partial charge in [-0.15, -0.1) is 12.4 Å². The molecule has 0 aromatic heterocycles. The Bertz CT molecular complexity index is 404. The first-order valence-electron chi connectivity index (χ1n) is 7.87. The molecule has 0 aliphatic carbocycles. The molecule has 1 unspecified atom stereocenters. The zero-order chi connectivity index (χ0) is 14.3. The summed E-state index contributed by atoms with van der Waals surface area (Å²) in [4.78, 5) is 28.7. The summed E-state index contributed by atoms with van der Waals surface area (Å²) in [5, 5.41) is 3.40. The molecule has 3 aliphatic heterocycles. The van der Waals surface area contributed by atoms with Gasteiger partial charge in [0, 0.05) is 39.1 Å². The second-order valence-electron chi connectivity index (χ2n) is 6.80. The topological polar surface area (TPSA) is 52.7 Å². The smallest absolute Gasteiger partial charge is 0.245 e. The lowest BCUT2D eigenvalue weighted by atomic mass is 10.0. The molecule has 0 spiro atoms. The number of hydrogen-bond acceptors (Lipinski definition) is 3. The van der Waals surface area contributed by atoms with Gasteiger partial charge in [0.15, 0.2) is 0 Å². The fourth-order valence-electron chi connectivity index (χ4n) is 3.96. The lowest BCUT2D eigenvalue weighted by Crippen LogP contribution is -2.51. The highest BCUT2D eigenvalue weighted by Gasteiger charge is 2.43. The molecule has 5 nitrogen and oxygen atoms in total. The van der Waals surface area contributed by atoms with Crippen molar-refractivity contribution >= 4 is 24.2 Å². The summed E-state index contributed by atoms with van der Waals surface area (Å²) in [6, 6.07) is -0.253. The second-order valence-corrected chi connectivity index (χ2v) is 6.80. The first kappa shape index (κ1) is 16.6. The number of likely N-dealkylation sites (tertiary alicyclic amines) is 2. The predicted octanol–water partition coefficient (Wildman–Crippen LogP) is 0.733. The lowest BCUT2D eigenvalue weighted by Gasteiger charge is -2.33. The van der Waals surface area contributed by atoms with E-state index in [1.807, 2.05) is 23.6 Å². The maximum atomic E-state index is 12.9. The van der Waals surface area contributed by atoms with E-state index in [-0.39, 0.29) is 36.2 Å². The molecule has 21 heavy (non-hydrogen) atoms. The molecule has 3 fully saturated rings. The number of rotatable bonds is 3. The van der Waals surface area contributed by atoms with E-state index in [2.05, 4.69) is 5.32 Å². The van der Waals surface area contributed by atoms with E-state index >= 15 is 0 Å². The number of carbonyl (C=O) groups excluding carboxylic acids is 2. The Morgan fingerprint density at radius 2 is 1.86 bits per heavy atom. The normalized spacial score (nSPS) is 29.8. The van der Waals surface area contributed by atoms with Crippen molar-refractivity contribution in [3.63, 3.8) is 0 Å². The molecule has 1 N–H and O–H groups in total. The average Bonchev–Trinajstić information content (AvgIpc) is 3.04. The van der Waals surface area contributed by atoms with Gasteiger partial charge in [-0.1, -0.05) is 13.8 Å². The van der Waals surface area contributed by atoms with Crippen LogP contribution in [0.25, 0.3) is 0 Å². The number of fused-ring (bicyclic) bond motifs is 1. The van der Waals surface area contributed by atoms with Crippen LogP contribution in [0.5, 0.6) is 0 Å². The van der Waals surface area contributed by atoms with E-state index in [0.717, 1.165) is 39.1 Å². The third kappa shape index (κ3) is 3.04. The lowest BCUT2D eigenvalue weighted by molar-refractivity contribution is -0.144. The monoisotopic (exact) mass is 315 g/mol. The predicted molar refractivity (Wildman–Crippen MR) is 83.3 cm³/mol. The second kappa shape index (κ2) is 6.53. The van der Waals surface area contributed by atoms with Gasteiger partial charge in [0.25, 0.3) is 0 Å². The Morgan fingerprint density at radius 3 is 2.33 bits per heavy atom. The molecule has 3 saturated heterocycles. The van der Waals surface area contributed by atoms with Crippen molar-refractivity contribution in [3.8, 4) is 0 Å². The highest BCUT2D eigenvalue weighted by molar-refractivity contribution is 5.89. The van der Waals surface area contributed by atoms with Crippen LogP contribution in [0.3, 0.4) is 0 Å². The number of carbonyl (C=O) groups is 2. The van der Waals surface area contributed by atoms with E-state index < -0.39 is 0 Å². The molecular weight excluding hydrogens is 290 g/mol. The molecular formula is C15H26ClN3O2. The fraction of sp³-hybridized carbons (Fsp3) is 0.867. The molecule has 120 valence electrons. The van der Waals surface area contributed by atoms with Crippen molar-refractivity contribution in [3.05, 3.63) is 0 Å². The van der Waals surface area contributed by atoms with Crippen molar-refractivity contribution in [2.45, 2.75) is 32.7 Å². The zero-order valence-corrected chi connectivity index (χ0v) is 13.7.